The van der Waals surface area contributed by atoms with Crippen molar-refractivity contribution in [2.75, 3.05) is 0 Å². The summed E-state index contributed by atoms with van der Waals surface area (Å²) in [6.07, 6.45) is -0.0244. The van der Waals surface area contributed by atoms with Gasteiger partial charge in [-0.3, -0.25) is 10.1 Å². The third kappa shape index (κ3) is 1.55. The van der Waals surface area contributed by atoms with Gasteiger partial charge in [-0.15, -0.1) is 0 Å². The molecule has 1 heterocycles. The smallest absolute Gasteiger partial charge is 0.238 e. The van der Waals surface area contributed by atoms with Crippen LogP contribution < -0.4 is 10.6 Å². The summed E-state index contributed by atoms with van der Waals surface area (Å²) in [6.45, 7) is 1.86. The van der Waals surface area contributed by atoms with E-state index in [2.05, 4.69) is 10.6 Å². The highest BCUT2D eigenvalue weighted by Gasteiger charge is 2.27. The second-order valence-corrected chi connectivity index (χ2v) is 3.24. The van der Waals surface area contributed by atoms with Crippen molar-refractivity contribution < 1.29 is 4.79 Å². The van der Waals surface area contributed by atoms with E-state index < -0.39 is 0 Å². The van der Waals surface area contributed by atoms with E-state index in [1.54, 1.807) is 0 Å². The van der Waals surface area contributed by atoms with Crippen molar-refractivity contribution in [1.82, 2.24) is 10.6 Å². The number of amides is 1. The average Bonchev–Trinajstić information content (AvgIpc) is 2.49. The largest absolute Gasteiger partial charge is 0.335 e. The molecule has 2 atom stereocenters. The standard InChI is InChI=1S/C10H12N2O/c1-7-10(13)12-9(11-7)8-5-3-2-4-6-8/h2-7,9,11H,1H3,(H,12,13). The summed E-state index contributed by atoms with van der Waals surface area (Å²) in [5.41, 5.74) is 1.10. The van der Waals surface area contributed by atoms with E-state index in [1.165, 1.54) is 0 Å². The Balaban J connectivity index is 2.17. The molecule has 0 radical (unpaired) electrons. The van der Waals surface area contributed by atoms with Crippen LogP contribution in [0.4, 0.5) is 0 Å². The fourth-order valence-corrected chi connectivity index (χ4v) is 1.46. The lowest BCUT2D eigenvalue weighted by Gasteiger charge is -2.10. The van der Waals surface area contributed by atoms with Crippen molar-refractivity contribution in [1.29, 1.82) is 0 Å². The van der Waals surface area contributed by atoms with Gasteiger partial charge in [0.25, 0.3) is 0 Å². The first-order chi connectivity index (χ1) is 6.27. The molecule has 3 heteroatoms. The predicted octanol–water partition coefficient (Wildman–Crippen LogP) is 0.793. The Labute approximate surface area is 77.1 Å². The first-order valence-electron chi connectivity index (χ1n) is 4.39. The van der Waals surface area contributed by atoms with Crippen LogP contribution >= 0.6 is 0 Å². The molecule has 0 spiro atoms. The summed E-state index contributed by atoms with van der Waals surface area (Å²) in [4.78, 5) is 11.2. The van der Waals surface area contributed by atoms with Crippen LogP contribution in [0.1, 0.15) is 18.7 Å². The normalized spacial score (nSPS) is 27.3. The minimum atomic E-state index is -0.0924. The molecular formula is C10H12N2O. The van der Waals surface area contributed by atoms with Gasteiger partial charge in [0.05, 0.1) is 6.04 Å². The molecule has 1 fully saturated rings. The van der Waals surface area contributed by atoms with Crippen molar-refractivity contribution in [3.63, 3.8) is 0 Å². The van der Waals surface area contributed by atoms with Crippen molar-refractivity contribution in [2.24, 2.45) is 0 Å². The van der Waals surface area contributed by atoms with Crippen molar-refractivity contribution in [2.45, 2.75) is 19.1 Å². The lowest BCUT2D eigenvalue weighted by molar-refractivity contribution is -0.120. The molecule has 2 unspecified atom stereocenters. The minimum Gasteiger partial charge on any atom is -0.335 e. The molecule has 0 saturated carbocycles. The summed E-state index contributed by atoms with van der Waals surface area (Å²) < 4.78 is 0. The number of hydrogen-bond acceptors (Lipinski definition) is 2. The molecule has 3 nitrogen and oxygen atoms in total. The summed E-state index contributed by atoms with van der Waals surface area (Å²) in [5, 5.41) is 6.03. The lowest BCUT2D eigenvalue weighted by Crippen LogP contribution is -2.24. The zero-order chi connectivity index (χ0) is 9.26. The molecule has 0 aliphatic carbocycles. The summed E-state index contributed by atoms with van der Waals surface area (Å²) in [7, 11) is 0. The highest BCUT2D eigenvalue weighted by molar-refractivity contribution is 5.83. The van der Waals surface area contributed by atoms with Gasteiger partial charge in [0, 0.05) is 0 Å². The van der Waals surface area contributed by atoms with E-state index in [1.807, 2.05) is 37.3 Å². The molecule has 68 valence electrons. The second kappa shape index (κ2) is 3.18. The van der Waals surface area contributed by atoms with E-state index in [9.17, 15) is 4.79 Å². The van der Waals surface area contributed by atoms with E-state index in [-0.39, 0.29) is 18.1 Å². The average molecular weight is 176 g/mol. The fraction of sp³-hybridized carbons (Fsp3) is 0.300. The van der Waals surface area contributed by atoms with E-state index in [0.29, 0.717) is 0 Å². The van der Waals surface area contributed by atoms with Crippen LogP contribution in [-0.4, -0.2) is 11.9 Å². The number of benzene rings is 1. The van der Waals surface area contributed by atoms with Gasteiger partial charge in [-0.1, -0.05) is 30.3 Å². The molecule has 1 aromatic rings. The second-order valence-electron chi connectivity index (χ2n) is 3.24. The van der Waals surface area contributed by atoms with Gasteiger partial charge in [-0.25, -0.2) is 0 Å². The molecule has 1 aliphatic rings. The summed E-state index contributed by atoms with van der Waals surface area (Å²) in [5.74, 6) is 0.0638. The topological polar surface area (TPSA) is 41.1 Å². The summed E-state index contributed by atoms with van der Waals surface area (Å²) in [6, 6.07) is 9.79. The molecule has 1 amide bonds. The molecule has 1 aliphatic heterocycles. The predicted molar refractivity (Wildman–Crippen MR) is 49.9 cm³/mol. The van der Waals surface area contributed by atoms with Gasteiger partial charge in [-0.2, -0.15) is 0 Å². The number of carbonyl (C=O) groups is 1. The highest BCUT2D eigenvalue weighted by Crippen LogP contribution is 2.14. The third-order valence-electron chi connectivity index (χ3n) is 2.23. The van der Waals surface area contributed by atoms with Crippen LogP contribution in [0.3, 0.4) is 0 Å². The van der Waals surface area contributed by atoms with Crippen LogP contribution in [0.2, 0.25) is 0 Å². The van der Waals surface area contributed by atoms with E-state index in [0.717, 1.165) is 5.56 Å². The van der Waals surface area contributed by atoms with Crippen LogP contribution in [0, 0.1) is 0 Å². The van der Waals surface area contributed by atoms with Crippen molar-refractivity contribution in [3.8, 4) is 0 Å². The molecule has 0 aromatic heterocycles. The Bertz CT molecular complexity index is 310. The summed E-state index contributed by atoms with van der Waals surface area (Å²) >= 11 is 0. The Morgan fingerprint density at radius 3 is 2.46 bits per heavy atom. The van der Waals surface area contributed by atoms with Gasteiger partial charge in [0.2, 0.25) is 5.91 Å². The fourth-order valence-electron chi connectivity index (χ4n) is 1.46. The van der Waals surface area contributed by atoms with Crippen LogP contribution in [0.15, 0.2) is 30.3 Å². The Morgan fingerprint density at radius 2 is 1.92 bits per heavy atom. The number of rotatable bonds is 1. The van der Waals surface area contributed by atoms with E-state index in [4.69, 9.17) is 0 Å². The molecule has 2 rings (SSSR count). The Morgan fingerprint density at radius 1 is 1.23 bits per heavy atom. The van der Waals surface area contributed by atoms with Gasteiger partial charge in [-0.05, 0) is 12.5 Å². The first-order valence-corrected chi connectivity index (χ1v) is 4.39. The monoisotopic (exact) mass is 176 g/mol. The molecule has 1 aromatic carbocycles. The molecule has 2 N–H and O–H groups in total. The molecule has 0 bridgehead atoms. The first kappa shape index (κ1) is 8.26. The third-order valence-corrected chi connectivity index (χ3v) is 2.23. The van der Waals surface area contributed by atoms with Gasteiger partial charge in [0.15, 0.2) is 0 Å². The Kier molecular flexibility index (Phi) is 2.02. The van der Waals surface area contributed by atoms with Gasteiger partial charge in [0.1, 0.15) is 6.17 Å². The van der Waals surface area contributed by atoms with Crippen LogP contribution in [0.25, 0.3) is 0 Å². The van der Waals surface area contributed by atoms with Crippen molar-refractivity contribution in [3.05, 3.63) is 35.9 Å². The maximum absolute atomic E-state index is 11.2. The molecule has 1 saturated heterocycles. The van der Waals surface area contributed by atoms with Crippen molar-refractivity contribution >= 4 is 5.91 Å². The van der Waals surface area contributed by atoms with E-state index >= 15 is 0 Å². The number of nitrogens with one attached hydrogen (secondary N) is 2. The quantitative estimate of drug-likeness (QED) is 0.664. The lowest BCUT2D eigenvalue weighted by atomic mass is 10.2. The highest BCUT2D eigenvalue weighted by atomic mass is 16.2. The maximum atomic E-state index is 11.2. The SMILES string of the molecule is CC1NC(c2ccccc2)NC1=O. The number of carbonyl (C=O) groups excluding carboxylic acids is 1. The molecule has 13 heavy (non-hydrogen) atoms. The Hall–Kier alpha value is -1.35. The zero-order valence-corrected chi connectivity index (χ0v) is 7.45. The van der Waals surface area contributed by atoms with Crippen LogP contribution in [-0.2, 0) is 4.79 Å². The minimum absolute atomic E-state index is 0.0244. The maximum Gasteiger partial charge on any atom is 0.238 e. The molecular weight excluding hydrogens is 164 g/mol. The van der Waals surface area contributed by atoms with Gasteiger partial charge >= 0.3 is 0 Å². The van der Waals surface area contributed by atoms with Gasteiger partial charge < -0.3 is 5.32 Å². The zero-order valence-electron chi connectivity index (χ0n) is 7.45. The number of hydrogen-bond donors (Lipinski definition) is 2. The van der Waals surface area contributed by atoms with Crippen LogP contribution in [0.5, 0.6) is 0 Å².